The number of nitrogens with one attached hydrogen (secondary N) is 4. The number of ether oxygens (including phenoxy) is 2. The molecule has 2 atom stereocenters. The molecule has 0 saturated carbocycles. The third-order valence-electron chi connectivity index (χ3n) is 6.78. The minimum Gasteiger partial charge on any atom is -0.453 e. The first-order valence-electron chi connectivity index (χ1n) is 12.8. The van der Waals surface area contributed by atoms with Crippen molar-refractivity contribution in [1.29, 1.82) is 10.5 Å². The van der Waals surface area contributed by atoms with Gasteiger partial charge in [0.2, 0.25) is 5.95 Å². The Hall–Kier alpha value is -4.37. The van der Waals surface area contributed by atoms with E-state index in [2.05, 4.69) is 53.4 Å². The summed E-state index contributed by atoms with van der Waals surface area (Å²) in [7, 11) is 1.34. The van der Waals surface area contributed by atoms with E-state index in [0.717, 1.165) is 0 Å². The molecule has 2 aromatic heterocycles. The van der Waals surface area contributed by atoms with Crippen LogP contribution >= 0.6 is 11.6 Å². The van der Waals surface area contributed by atoms with Gasteiger partial charge in [-0.2, -0.15) is 20.0 Å². The van der Waals surface area contributed by atoms with Crippen LogP contribution in [-0.4, -0.2) is 83.8 Å². The number of fused-ring (bicyclic) bond motifs is 1. The number of carbonyl (C=O) groups excluding carboxylic acids is 1. The second kappa shape index (κ2) is 11.8. The highest BCUT2D eigenvalue weighted by molar-refractivity contribution is 6.36. The fourth-order valence-corrected chi connectivity index (χ4v) is 5.05. The van der Waals surface area contributed by atoms with Crippen LogP contribution in [0.3, 0.4) is 0 Å². The molecule has 1 aromatic carbocycles. The van der Waals surface area contributed by atoms with Crippen molar-refractivity contribution < 1.29 is 14.3 Å². The van der Waals surface area contributed by atoms with Crippen molar-refractivity contribution in [3.05, 3.63) is 34.6 Å². The van der Waals surface area contributed by atoms with Gasteiger partial charge in [-0.25, -0.2) is 9.78 Å². The molecule has 4 N–H and O–H groups in total. The minimum atomic E-state index is -0.488. The number of piperidine rings is 1. The van der Waals surface area contributed by atoms with Crippen LogP contribution in [0.25, 0.3) is 5.65 Å². The van der Waals surface area contributed by atoms with E-state index in [9.17, 15) is 15.3 Å². The van der Waals surface area contributed by atoms with Gasteiger partial charge in [-0.3, -0.25) is 0 Å². The highest BCUT2D eigenvalue weighted by atomic mass is 35.5. The number of halogens is 1. The van der Waals surface area contributed by atoms with E-state index in [-0.39, 0.29) is 29.8 Å². The lowest BCUT2D eigenvalue weighted by atomic mass is 9.97. The number of hydrogen-bond acceptors (Lipinski definition) is 12. The van der Waals surface area contributed by atoms with Gasteiger partial charge in [0.05, 0.1) is 66.6 Å². The zero-order valence-electron chi connectivity index (χ0n) is 21.9. The number of amides is 1. The Bertz CT molecular complexity index is 1490. The maximum absolute atomic E-state index is 12.0. The monoisotopic (exact) mass is 565 g/mol. The maximum Gasteiger partial charge on any atom is 0.407 e. The quantitative estimate of drug-likeness (QED) is 0.312. The number of carbonyl (C=O) groups is 1. The average molecular weight is 566 g/mol. The first-order valence-corrected chi connectivity index (χ1v) is 13.2. The van der Waals surface area contributed by atoms with Gasteiger partial charge in [0.1, 0.15) is 6.07 Å². The van der Waals surface area contributed by atoms with Crippen molar-refractivity contribution in [2.45, 2.75) is 31.5 Å². The van der Waals surface area contributed by atoms with Crippen LogP contribution in [0.4, 0.5) is 27.9 Å². The number of imidazole rings is 1. The number of rotatable bonds is 8. The summed E-state index contributed by atoms with van der Waals surface area (Å²) < 4.78 is 11.5. The number of nitriles is 2. The zero-order chi connectivity index (χ0) is 28.2. The molecule has 2 fully saturated rings. The molecule has 4 heterocycles. The zero-order valence-corrected chi connectivity index (χ0v) is 22.7. The first-order chi connectivity index (χ1) is 19.4. The van der Waals surface area contributed by atoms with E-state index in [1.54, 1.807) is 12.1 Å². The summed E-state index contributed by atoms with van der Waals surface area (Å²) in [6, 6.07) is 7.54. The number of benzene rings is 1. The molecule has 2 aliphatic rings. The first kappa shape index (κ1) is 27.2. The highest BCUT2D eigenvalue weighted by Crippen LogP contribution is 2.37. The van der Waals surface area contributed by atoms with Crippen LogP contribution in [0, 0.1) is 22.7 Å². The molecule has 0 aliphatic carbocycles. The van der Waals surface area contributed by atoms with Gasteiger partial charge in [-0.1, -0.05) is 11.6 Å². The van der Waals surface area contributed by atoms with Crippen molar-refractivity contribution in [1.82, 2.24) is 30.2 Å². The van der Waals surface area contributed by atoms with Crippen LogP contribution < -0.4 is 26.2 Å². The summed E-state index contributed by atoms with van der Waals surface area (Å²) in [6.07, 6.45) is 1.56. The van der Waals surface area contributed by atoms with E-state index < -0.39 is 6.09 Å². The van der Waals surface area contributed by atoms with Gasteiger partial charge >= 0.3 is 6.09 Å². The maximum atomic E-state index is 12.0. The normalized spacial score (nSPS) is 18.9. The van der Waals surface area contributed by atoms with E-state index in [0.29, 0.717) is 72.7 Å². The summed E-state index contributed by atoms with van der Waals surface area (Å²) >= 11 is 6.93. The lowest BCUT2D eigenvalue weighted by molar-refractivity contribution is -0.0123. The molecular weight excluding hydrogens is 538 g/mol. The van der Waals surface area contributed by atoms with Gasteiger partial charge in [0.15, 0.2) is 17.2 Å². The number of aromatic nitrogens is 4. The van der Waals surface area contributed by atoms with E-state index >= 15 is 0 Å². The molecule has 5 rings (SSSR count). The van der Waals surface area contributed by atoms with Crippen LogP contribution in [0.15, 0.2) is 18.3 Å². The van der Waals surface area contributed by atoms with E-state index in [1.807, 2.05) is 6.92 Å². The summed E-state index contributed by atoms with van der Waals surface area (Å²) in [6.45, 7) is 4.80. The SMILES string of the molecule is CCNc1nc(Nc2cc(C#N)cc(N3CCC(NC(=O)OC)C(NC4COC4)C3)c2Cl)nn2c(C#N)cnc12. The fourth-order valence-electron chi connectivity index (χ4n) is 4.77. The number of alkyl carbamates (subject to hydrolysis) is 1. The van der Waals surface area contributed by atoms with Crippen LogP contribution in [0.2, 0.25) is 5.02 Å². The molecular formula is C25H28ClN11O3. The second-order valence-corrected chi connectivity index (χ2v) is 9.76. The van der Waals surface area contributed by atoms with Gasteiger partial charge in [0.25, 0.3) is 0 Å². The van der Waals surface area contributed by atoms with Crippen molar-refractivity contribution in [2.75, 3.05) is 55.5 Å². The molecule has 2 unspecified atom stereocenters. The van der Waals surface area contributed by atoms with Crippen molar-refractivity contribution >= 4 is 46.5 Å². The molecule has 15 heteroatoms. The van der Waals surface area contributed by atoms with Crippen molar-refractivity contribution in [3.63, 3.8) is 0 Å². The van der Waals surface area contributed by atoms with Crippen molar-refractivity contribution in [2.24, 2.45) is 0 Å². The van der Waals surface area contributed by atoms with Crippen LogP contribution in [-0.2, 0) is 9.47 Å². The molecule has 40 heavy (non-hydrogen) atoms. The number of anilines is 4. The molecule has 1 amide bonds. The Kier molecular flexibility index (Phi) is 8.02. The third-order valence-corrected chi connectivity index (χ3v) is 7.18. The highest BCUT2D eigenvalue weighted by Gasteiger charge is 2.35. The summed E-state index contributed by atoms with van der Waals surface area (Å²) in [5, 5.41) is 36.8. The molecule has 0 bridgehead atoms. The average Bonchev–Trinajstić information content (AvgIpc) is 3.36. The molecule has 2 saturated heterocycles. The largest absolute Gasteiger partial charge is 0.453 e. The minimum absolute atomic E-state index is 0.112. The van der Waals surface area contributed by atoms with Gasteiger partial charge in [-0.15, -0.1) is 5.10 Å². The molecule has 208 valence electrons. The summed E-state index contributed by atoms with van der Waals surface area (Å²) in [5.74, 6) is 0.620. The summed E-state index contributed by atoms with van der Waals surface area (Å²) in [5.41, 5.74) is 2.14. The lowest BCUT2D eigenvalue weighted by Crippen LogP contribution is -2.64. The fraction of sp³-hybridized carbons (Fsp3) is 0.440. The topological polar surface area (TPSA) is 178 Å². The van der Waals surface area contributed by atoms with E-state index in [4.69, 9.17) is 21.1 Å². The lowest BCUT2D eigenvalue weighted by Gasteiger charge is -2.43. The Morgan fingerprint density at radius 3 is 2.77 bits per heavy atom. The second-order valence-electron chi connectivity index (χ2n) is 9.38. The van der Waals surface area contributed by atoms with E-state index in [1.165, 1.54) is 17.8 Å². The number of hydrogen-bond donors (Lipinski definition) is 4. The van der Waals surface area contributed by atoms with Crippen LogP contribution in [0.5, 0.6) is 0 Å². The number of methoxy groups -OCH3 is 1. The molecule has 14 nitrogen and oxygen atoms in total. The predicted octanol–water partition coefficient (Wildman–Crippen LogP) is 1.99. The summed E-state index contributed by atoms with van der Waals surface area (Å²) in [4.78, 5) is 22.8. The number of nitrogens with zero attached hydrogens (tertiary/aromatic N) is 7. The molecule has 0 radical (unpaired) electrons. The standard InChI is InChI=1S/C25H28ClN11O3/c1-3-29-22-23-30-10-16(9-28)37(23)35-24(34-22)32-18-6-14(8-27)7-20(21(18)26)36-5-4-17(33-25(38)39-2)19(11-36)31-15-12-40-13-15/h6-7,10,15,17,19,31H,3-5,11-13H2,1-2H3,(H,33,38)(H2,29,32,34,35). The predicted molar refractivity (Wildman–Crippen MR) is 147 cm³/mol. The Morgan fingerprint density at radius 2 is 2.10 bits per heavy atom. The molecule has 0 spiro atoms. The van der Waals surface area contributed by atoms with Gasteiger partial charge < -0.3 is 35.6 Å². The smallest absolute Gasteiger partial charge is 0.407 e. The van der Waals surface area contributed by atoms with Crippen LogP contribution in [0.1, 0.15) is 24.6 Å². The Labute approximate surface area is 235 Å². The Balaban J connectivity index is 1.45. The third kappa shape index (κ3) is 5.51. The van der Waals surface area contributed by atoms with Gasteiger partial charge in [-0.05, 0) is 25.5 Å². The van der Waals surface area contributed by atoms with Crippen molar-refractivity contribution in [3.8, 4) is 12.1 Å². The molecule has 3 aromatic rings. The van der Waals surface area contributed by atoms with Gasteiger partial charge in [0, 0.05) is 25.7 Å². The Morgan fingerprint density at radius 1 is 1.27 bits per heavy atom. The molecule has 2 aliphatic heterocycles.